The Kier molecular flexibility index (Phi) is 4.47. The number of nitrogens with one attached hydrogen (secondary N) is 1. The second kappa shape index (κ2) is 5.85. The quantitative estimate of drug-likeness (QED) is 0.592. The summed E-state index contributed by atoms with van der Waals surface area (Å²) in [5.74, 6) is -1.14. The monoisotopic (exact) mass is 254 g/mol. The Bertz CT molecular complexity index is 461. The molecule has 0 aliphatic rings. The van der Waals surface area contributed by atoms with Gasteiger partial charge in [0.15, 0.2) is 0 Å². The van der Waals surface area contributed by atoms with Gasteiger partial charge in [-0.05, 0) is 6.07 Å². The first-order valence-electron chi connectivity index (χ1n) is 5.24. The van der Waals surface area contributed by atoms with E-state index in [1.165, 1.54) is 32.2 Å². The van der Waals surface area contributed by atoms with Gasteiger partial charge in [-0.25, -0.2) is 0 Å². The van der Waals surface area contributed by atoms with Crippen molar-refractivity contribution in [2.75, 3.05) is 19.0 Å². The first-order chi connectivity index (χ1) is 8.45. The maximum atomic E-state index is 10.8. The molecular formula is C11H14N2O5. The topological polar surface area (TPSA) is 102 Å². The maximum Gasteiger partial charge on any atom is 0.308 e. The predicted molar refractivity (Wildman–Crippen MR) is 64.9 cm³/mol. The summed E-state index contributed by atoms with van der Waals surface area (Å²) in [6.45, 7) is 1.62. The Hall–Kier alpha value is -2.31. The molecule has 0 radical (unpaired) electrons. The lowest BCUT2D eigenvalue weighted by atomic mass is 10.1. The standard InChI is InChI=1S/C11H14N2O5/c1-7(11(14)15)6-12-9-5-8(18-2)3-4-10(9)13(16)17/h3-5,7,12H,6H2,1-2H3,(H,14,15)/t7-/m0/s1. The van der Waals surface area contributed by atoms with Crippen LogP contribution in [0.15, 0.2) is 18.2 Å². The van der Waals surface area contributed by atoms with Crippen LogP contribution in [-0.2, 0) is 4.79 Å². The molecule has 98 valence electrons. The molecule has 1 atom stereocenters. The Labute approximate surface area is 104 Å². The summed E-state index contributed by atoms with van der Waals surface area (Å²) < 4.78 is 4.96. The van der Waals surface area contributed by atoms with Crippen LogP contribution in [0.25, 0.3) is 0 Å². The van der Waals surface area contributed by atoms with E-state index in [1.807, 2.05) is 0 Å². The smallest absolute Gasteiger partial charge is 0.308 e. The molecule has 0 heterocycles. The van der Waals surface area contributed by atoms with Gasteiger partial charge in [0, 0.05) is 18.7 Å². The van der Waals surface area contributed by atoms with Crippen LogP contribution in [-0.4, -0.2) is 29.7 Å². The van der Waals surface area contributed by atoms with Gasteiger partial charge in [0.25, 0.3) is 5.69 Å². The zero-order chi connectivity index (χ0) is 13.7. The van der Waals surface area contributed by atoms with E-state index in [0.29, 0.717) is 5.75 Å². The number of carbonyl (C=O) groups is 1. The van der Waals surface area contributed by atoms with Crippen molar-refractivity contribution in [3.63, 3.8) is 0 Å². The van der Waals surface area contributed by atoms with E-state index >= 15 is 0 Å². The number of rotatable bonds is 6. The maximum absolute atomic E-state index is 10.8. The highest BCUT2D eigenvalue weighted by Crippen LogP contribution is 2.28. The molecule has 0 bridgehead atoms. The van der Waals surface area contributed by atoms with Crippen LogP contribution in [0.3, 0.4) is 0 Å². The van der Waals surface area contributed by atoms with Crippen LogP contribution in [0.2, 0.25) is 0 Å². The van der Waals surface area contributed by atoms with Crippen LogP contribution in [0, 0.1) is 16.0 Å². The molecule has 0 aromatic heterocycles. The van der Waals surface area contributed by atoms with Crippen LogP contribution < -0.4 is 10.1 Å². The van der Waals surface area contributed by atoms with Crippen LogP contribution in [0.5, 0.6) is 5.75 Å². The molecule has 7 nitrogen and oxygen atoms in total. The number of aliphatic carboxylic acids is 1. The van der Waals surface area contributed by atoms with Gasteiger partial charge >= 0.3 is 5.97 Å². The molecule has 0 aliphatic heterocycles. The molecule has 2 N–H and O–H groups in total. The van der Waals surface area contributed by atoms with Crippen molar-refractivity contribution in [1.29, 1.82) is 0 Å². The number of hydrogen-bond acceptors (Lipinski definition) is 5. The van der Waals surface area contributed by atoms with Crippen molar-refractivity contribution in [1.82, 2.24) is 0 Å². The Morgan fingerprint density at radius 1 is 1.61 bits per heavy atom. The van der Waals surface area contributed by atoms with Gasteiger partial charge in [-0.3, -0.25) is 14.9 Å². The Morgan fingerprint density at radius 2 is 2.28 bits per heavy atom. The van der Waals surface area contributed by atoms with Crippen LogP contribution >= 0.6 is 0 Å². The largest absolute Gasteiger partial charge is 0.497 e. The summed E-state index contributed by atoms with van der Waals surface area (Å²) in [5, 5.41) is 22.3. The fourth-order valence-corrected chi connectivity index (χ4v) is 1.29. The van der Waals surface area contributed by atoms with Crippen molar-refractivity contribution < 1.29 is 19.6 Å². The third-order valence-corrected chi connectivity index (χ3v) is 2.42. The fourth-order valence-electron chi connectivity index (χ4n) is 1.29. The first kappa shape index (κ1) is 13.8. The van der Waals surface area contributed by atoms with Gasteiger partial charge in [0.2, 0.25) is 0 Å². The number of methoxy groups -OCH3 is 1. The summed E-state index contributed by atoms with van der Waals surface area (Å²) in [5.41, 5.74) is 0.126. The van der Waals surface area contributed by atoms with E-state index in [1.54, 1.807) is 0 Å². The minimum absolute atomic E-state index is 0.101. The minimum atomic E-state index is -0.965. The molecule has 0 spiro atoms. The van der Waals surface area contributed by atoms with Gasteiger partial charge in [-0.2, -0.15) is 0 Å². The molecule has 7 heteroatoms. The number of carboxylic acid groups (broad SMARTS) is 1. The Morgan fingerprint density at radius 3 is 2.78 bits per heavy atom. The molecule has 1 aromatic carbocycles. The lowest BCUT2D eigenvalue weighted by Crippen LogP contribution is -2.20. The zero-order valence-corrected chi connectivity index (χ0v) is 10.0. The minimum Gasteiger partial charge on any atom is -0.497 e. The normalized spacial score (nSPS) is 11.7. The molecule has 0 aliphatic carbocycles. The molecule has 1 aromatic rings. The van der Waals surface area contributed by atoms with Crippen molar-refractivity contribution in [3.8, 4) is 5.75 Å². The second-order valence-corrected chi connectivity index (χ2v) is 3.76. The van der Waals surface area contributed by atoms with Crippen molar-refractivity contribution >= 4 is 17.3 Å². The van der Waals surface area contributed by atoms with Crippen molar-refractivity contribution in [3.05, 3.63) is 28.3 Å². The molecule has 0 unspecified atom stereocenters. The van der Waals surface area contributed by atoms with E-state index in [4.69, 9.17) is 9.84 Å². The SMILES string of the molecule is COc1ccc([N+](=O)[O-])c(NC[C@H](C)C(=O)O)c1. The van der Waals surface area contributed by atoms with Gasteiger partial charge in [-0.1, -0.05) is 6.92 Å². The molecule has 0 amide bonds. The fraction of sp³-hybridized carbons (Fsp3) is 0.364. The molecule has 0 saturated heterocycles. The summed E-state index contributed by atoms with van der Waals surface area (Å²) in [6, 6.07) is 4.25. The molecule has 18 heavy (non-hydrogen) atoms. The molecule has 0 fully saturated rings. The number of carboxylic acids is 1. The average molecular weight is 254 g/mol. The van der Waals surface area contributed by atoms with Crippen LogP contribution in [0.4, 0.5) is 11.4 Å². The van der Waals surface area contributed by atoms with E-state index < -0.39 is 16.8 Å². The highest BCUT2D eigenvalue weighted by molar-refractivity contribution is 5.71. The number of anilines is 1. The van der Waals surface area contributed by atoms with E-state index in [0.717, 1.165) is 0 Å². The van der Waals surface area contributed by atoms with E-state index in [2.05, 4.69) is 5.32 Å². The van der Waals surface area contributed by atoms with Gasteiger partial charge in [0.05, 0.1) is 18.0 Å². The van der Waals surface area contributed by atoms with Gasteiger partial charge < -0.3 is 15.2 Å². The summed E-state index contributed by atoms with van der Waals surface area (Å²) in [7, 11) is 1.45. The van der Waals surface area contributed by atoms with Gasteiger partial charge in [-0.15, -0.1) is 0 Å². The average Bonchev–Trinajstić information content (AvgIpc) is 2.34. The number of hydrogen-bond donors (Lipinski definition) is 2. The summed E-state index contributed by atoms with van der Waals surface area (Å²) in [6.07, 6.45) is 0. The van der Waals surface area contributed by atoms with Crippen molar-refractivity contribution in [2.24, 2.45) is 5.92 Å². The molecular weight excluding hydrogens is 240 g/mol. The number of nitrogens with zero attached hydrogens (tertiary/aromatic N) is 1. The third kappa shape index (κ3) is 3.34. The van der Waals surface area contributed by atoms with Crippen molar-refractivity contribution in [2.45, 2.75) is 6.92 Å². The number of benzene rings is 1. The predicted octanol–water partition coefficient (Wildman–Crippen LogP) is 1.74. The summed E-state index contributed by atoms with van der Waals surface area (Å²) >= 11 is 0. The van der Waals surface area contributed by atoms with E-state index in [9.17, 15) is 14.9 Å². The zero-order valence-electron chi connectivity index (χ0n) is 10.0. The number of nitro benzene ring substituents is 1. The molecule has 0 saturated carbocycles. The van der Waals surface area contributed by atoms with Gasteiger partial charge in [0.1, 0.15) is 11.4 Å². The highest BCUT2D eigenvalue weighted by atomic mass is 16.6. The highest BCUT2D eigenvalue weighted by Gasteiger charge is 2.17. The third-order valence-electron chi connectivity index (χ3n) is 2.42. The second-order valence-electron chi connectivity index (χ2n) is 3.76. The lowest BCUT2D eigenvalue weighted by molar-refractivity contribution is -0.384. The summed E-state index contributed by atoms with van der Waals surface area (Å²) in [4.78, 5) is 20.9. The number of nitro groups is 1. The Balaban J connectivity index is 2.90. The van der Waals surface area contributed by atoms with E-state index in [-0.39, 0.29) is 17.9 Å². The number of ether oxygens (including phenoxy) is 1. The first-order valence-corrected chi connectivity index (χ1v) is 5.24. The lowest BCUT2D eigenvalue weighted by Gasteiger charge is -2.11. The molecule has 1 rings (SSSR count). The van der Waals surface area contributed by atoms with Crippen LogP contribution in [0.1, 0.15) is 6.92 Å².